The van der Waals surface area contributed by atoms with Gasteiger partial charge in [-0.3, -0.25) is 4.79 Å². The third-order valence-corrected chi connectivity index (χ3v) is 13.6. The lowest BCUT2D eigenvalue weighted by molar-refractivity contribution is -0.130. The molecule has 0 amide bonds. The third kappa shape index (κ3) is 4.08. The number of fused-ring (bicyclic) bond motifs is 1. The highest BCUT2D eigenvalue weighted by atomic mass is 28.4. The van der Waals surface area contributed by atoms with Crippen LogP contribution < -0.4 is 0 Å². The van der Waals surface area contributed by atoms with Crippen molar-refractivity contribution in [2.24, 2.45) is 29.1 Å². The van der Waals surface area contributed by atoms with Crippen LogP contribution in [0.1, 0.15) is 86.5 Å². The fourth-order valence-corrected chi connectivity index (χ4v) is 8.14. The molecule has 2 nitrogen and oxygen atoms in total. The van der Waals surface area contributed by atoms with Crippen LogP contribution in [0.25, 0.3) is 0 Å². The molecule has 0 saturated heterocycles. The smallest absolute Gasteiger partial charge is 0.193 e. The zero-order valence-electron chi connectivity index (χ0n) is 19.7. The highest BCUT2D eigenvalue weighted by Crippen LogP contribution is 2.57. The molecule has 0 spiro atoms. The van der Waals surface area contributed by atoms with Crippen LogP contribution in [0.3, 0.4) is 0 Å². The molecule has 0 aliphatic heterocycles. The van der Waals surface area contributed by atoms with Gasteiger partial charge in [-0.15, -0.1) is 0 Å². The molecule has 6 atom stereocenters. The van der Waals surface area contributed by atoms with Gasteiger partial charge in [0.1, 0.15) is 5.78 Å². The number of hydrogen-bond donors (Lipinski definition) is 0. The van der Waals surface area contributed by atoms with Crippen LogP contribution in [0.2, 0.25) is 18.1 Å². The van der Waals surface area contributed by atoms with Crippen LogP contribution in [-0.4, -0.2) is 19.7 Å². The maximum absolute atomic E-state index is 12.5. The highest BCUT2D eigenvalue weighted by molar-refractivity contribution is 6.74. The second-order valence-corrected chi connectivity index (χ2v) is 17.0. The molecule has 3 rings (SSSR count). The molecular weight excluding hydrogens is 360 g/mol. The third-order valence-electron chi connectivity index (χ3n) is 8.98. The first-order valence-electron chi connectivity index (χ1n) is 11.7. The second-order valence-electron chi connectivity index (χ2n) is 12.3. The first kappa shape index (κ1) is 22.3. The molecule has 3 heteroatoms. The van der Waals surface area contributed by atoms with E-state index in [0.29, 0.717) is 29.5 Å². The molecule has 0 radical (unpaired) electrons. The summed E-state index contributed by atoms with van der Waals surface area (Å²) in [6.45, 7) is 18.9. The Kier molecular flexibility index (Phi) is 5.87. The van der Waals surface area contributed by atoms with Crippen molar-refractivity contribution >= 4 is 14.1 Å². The van der Waals surface area contributed by atoms with E-state index in [2.05, 4.69) is 66.8 Å². The van der Waals surface area contributed by atoms with E-state index < -0.39 is 8.32 Å². The summed E-state index contributed by atoms with van der Waals surface area (Å²) in [4.78, 5) is 12.5. The summed E-state index contributed by atoms with van der Waals surface area (Å²) >= 11 is 0. The molecule has 0 aromatic heterocycles. The normalized spacial score (nSPS) is 40.0. The van der Waals surface area contributed by atoms with Crippen molar-refractivity contribution in [3.63, 3.8) is 0 Å². The van der Waals surface area contributed by atoms with Gasteiger partial charge in [-0.25, -0.2) is 0 Å². The summed E-state index contributed by atoms with van der Waals surface area (Å²) in [5, 5.41) is 0.246. The summed E-state index contributed by atoms with van der Waals surface area (Å²) in [5.41, 5.74) is 0.161. The van der Waals surface area contributed by atoms with Crippen LogP contribution in [0.15, 0.2) is 12.2 Å². The maximum atomic E-state index is 12.5. The largest absolute Gasteiger partial charge is 0.408 e. The first-order chi connectivity index (χ1) is 12.8. The number of ketones is 1. The van der Waals surface area contributed by atoms with Gasteiger partial charge >= 0.3 is 0 Å². The number of allylic oxidation sites excluding steroid dienone is 1. The van der Waals surface area contributed by atoms with E-state index in [4.69, 9.17) is 4.43 Å². The minimum Gasteiger partial charge on any atom is -0.408 e. The Morgan fingerprint density at radius 1 is 1.25 bits per heavy atom. The topological polar surface area (TPSA) is 26.3 Å². The monoisotopic (exact) mass is 404 g/mol. The average molecular weight is 405 g/mol. The van der Waals surface area contributed by atoms with Crippen LogP contribution in [-0.2, 0) is 9.22 Å². The van der Waals surface area contributed by atoms with Crippen molar-refractivity contribution in [3.8, 4) is 0 Å². The quantitative estimate of drug-likeness (QED) is 0.359. The van der Waals surface area contributed by atoms with E-state index in [1.807, 2.05) is 0 Å². The van der Waals surface area contributed by atoms with Crippen LogP contribution in [0.4, 0.5) is 0 Å². The van der Waals surface area contributed by atoms with Crippen LogP contribution >= 0.6 is 0 Å². The molecular formula is C25H44O2Si. The molecule has 0 bridgehead atoms. The fourth-order valence-electron chi connectivity index (χ4n) is 6.52. The van der Waals surface area contributed by atoms with Crippen molar-refractivity contribution in [1.82, 2.24) is 0 Å². The van der Waals surface area contributed by atoms with Crippen molar-refractivity contribution in [1.29, 1.82) is 0 Å². The molecule has 0 aromatic rings. The Morgan fingerprint density at radius 3 is 2.57 bits per heavy atom. The number of carbonyl (C=O) groups is 1. The van der Waals surface area contributed by atoms with E-state index >= 15 is 0 Å². The fraction of sp³-hybridized carbons (Fsp3) is 0.880. The first-order valence-corrected chi connectivity index (χ1v) is 14.6. The molecule has 0 heterocycles. The summed E-state index contributed by atoms with van der Waals surface area (Å²) in [7, 11) is -1.77. The van der Waals surface area contributed by atoms with Gasteiger partial charge in [0.25, 0.3) is 0 Å². The highest BCUT2D eigenvalue weighted by Gasteiger charge is 2.52. The van der Waals surface area contributed by atoms with Gasteiger partial charge in [-0.2, -0.15) is 0 Å². The van der Waals surface area contributed by atoms with Crippen molar-refractivity contribution in [2.45, 2.75) is 110 Å². The average Bonchev–Trinajstić information content (AvgIpc) is 3.06. The predicted molar refractivity (Wildman–Crippen MR) is 121 cm³/mol. The van der Waals surface area contributed by atoms with E-state index in [0.717, 1.165) is 25.7 Å². The van der Waals surface area contributed by atoms with Gasteiger partial charge in [-0.1, -0.05) is 46.8 Å². The lowest BCUT2D eigenvalue weighted by Gasteiger charge is -2.43. The van der Waals surface area contributed by atoms with Gasteiger partial charge in [-0.05, 0) is 86.7 Å². The van der Waals surface area contributed by atoms with Crippen molar-refractivity contribution in [2.75, 3.05) is 0 Å². The summed E-state index contributed by atoms with van der Waals surface area (Å²) in [6.07, 6.45) is 12.7. The Morgan fingerprint density at radius 2 is 1.93 bits per heavy atom. The maximum Gasteiger partial charge on any atom is 0.193 e. The number of hydrogen-bond acceptors (Lipinski definition) is 2. The number of rotatable bonds is 5. The van der Waals surface area contributed by atoms with E-state index in [1.165, 1.54) is 19.3 Å². The Hall–Kier alpha value is -0.413. The van der Waals surface area contributed by atoms with Gasteiger partial charge in [0.15, 0.2) is 8.32 Å². The number of carbonyl (C=O) groups excluding carboxylic acids is 1. The summed E-state index contributed by atoms with van der Waals surface area (Å²) < 4.78 is 6.82. The van der Waals surface area contributed by atoms with Crippen molar-refractivity contribution in [3.05, 3.63) is 12.2 Å². The standard InChI is InChI=1S/C25H44O2Si/c1-18(20-11-12-21-22(26)10-9-14-25(20,21)6)16-19-13-15-24(5,17-19)27-28(7,8)23(2,3)4/h13,15,18-21H,9-12,14,16-17H2,1-8H3/t18-,19-,20-,21?,24+,25+/m1/s1. The SMILES string of the molecule is C[C@H](C[C@H]1C=C[C@](C)(O[Si](C)(C)C(C)(C)C)C1)[C@H]1CCC2C(=O)CCC[C@]21C. The van der Waals surface area contributed by atoms with Crippen LogP contribution in [0.5, 0.6) is 0 Å². The lowest BCUT2D eigenvalue weighted by Crippen LogP contribution is -2.47. The van der Waals surface area contributed by atoms with Gasteiger partial charge < -0.3 is 4.43 Å². The minimum absolute atomic E-state index is 0.101. The van der Waals surface area contributed by atoms with Gasteiger partial charge in [0.05, 0.1) is 5.60 Å². The molecule has 2 fully saturated rings. The molecule has 160 valence electrons. The summed E-state index contributed by atoms with van der Waals surface area (Å²) in [6, 6.07) is 0. The molecule has 2 saturated carbocycles. The van der Waals surface area contributed by atoms with E-state index in [1.54, 1.807) is 0 Å². The Bertz CT molecular complexity index is 631. The Balaban J connectivity index is 1.61. The van der Waals surface area contributed by atoms with E-state index in [-0.39, 0.29) is 16.1 Å². The zero-order chi connectivity index (χ0) is 21.0. The Labute approximate surface area is 175 Å². The van der Waals surface area contributed by atoms with Gasteiger partial charge in [0.2, 0.25) is 0 Å². The molecule has 0 aromatic carbocycles. The predicted octanol–water partition coefficient (Wildman–Crippen LogP) is 7.15. The van der Waals surface area contributed by atoms with E-state index in [9.17, 15) is 4.79 Å². The molecule has 3 aliphatic carbocycles. The van der Waals surface area contributed by atoms with Crippen LogP contribution in [0, 0.1) is 29.1 Å². The van der Waals surface area contributed by atoms with Crippen molar-refractivity contribution < 1.29 is 9.22 Å². The molecule has 1 unspecified atom stereocenters. The number of Topliss-reactive ketones (excluding diaryl/α,β-unsaturated/α-hetero) is 1. The minimum atomic E-state index is -1.77. The molecule has 0 N–H and O–H groups in total. The lowest BCUT2D eigenvalue weighted by atomic mass is 9.61. The molecule has 28 heavy (non-hydrogen) atoms. The van der Waals surface area contributed by atoms with Gasteiger partial charge in [0, 0.05) is 12.3 Å². The summed E-state index contributed by atoms with van der Waals surface area (Å²) in [5.74, 6) is 2.92. The zero-order valence-corrected chi connectivity index (χ0v) is 20.7. The second kappa shape index (κ2) is 7.37. The molecule has 3 aliphatic rings.